The maximum Gasteiger partial charge on any atom is 0.254 e. The van der Waals surface area contributed by atoms with Gasteiger partial charge in [0.1, 0.15) is 0 Å². The van der Waals surface area contributed by atoms with E-state index in [4.69, 9.17) is 5.73 Å². The molecule has 1 aromatic carbocycles. The fourth-order valence-corrected chi connectivity index (χ4v) is 2.83. The number of benzene rings is 1. The van der Waals surface area contributed by atoms with Gasteiger partial charge in [-0.1, -0.05) is 24.3 Å². The Hall–Kier alpha value is -3.17. The maximum atomic E-state index is 12.2. The second-order valence-electron chi connectivity index (χ2n) is 7.26. The third kappa shape index (κ3) is 11.3. The van der Waals surface area contributed by atoms with Crippen LogP contribution in [0.15, 0.2) is 53.8 Å². The normalized spacial score (nSPS) is 15.5. The number of hydrogen-bond donors (Lipinski definition) is 5. The van der Waals surface area contributed by atoms with E-state index in [9.17, 15) is 19.8 Å². The lowest BCUT2D eigenvalue weighted by Gasteiger charge is -2.24. The van der Waals surface area contributed by atoms with Gasteiger partial charge in [0.05, 0.1) is 6.04 Å². The molecule has 184 valence electrons. The second-order valence-corrected chi connectivity index (χ2v) is 7.26. The van der Waals surface area contributed by atoms with E-state index in [1.54, 1.807) is 20.0 Å². The van der Waals surface area contributed by atoms with Crippen LogP contribution in [0.4, 0.5) is 5.69 Å². The molecule has 3 atom stereocenters. The monoisotopic (exact) mass is 461 g/mol. The summed E-state index contributed by atoms with van der Waals surface area (Å²) in [4.78, 5) is 29.0. The number of anilines is 1. The van der Waals surface area contributed by atoms with Crippen LogP contribution in [0, 0.1) is 0 Å². The first kappa shape index (κ1) is 29.8. The number of amides is 2. The lowest BCUT2D eigenvalue weighted by Crippen LogP contribution is -2.50. The van der Waals surface area contributed by atoms with Crippen LogP contribution in [0.3, 0.4) is 0 Å². The molecule has 33 heavy (non-hydrogen) atoms. The molecule has 0 aromatic heterocycles. The number of nitrogens with two attached hydrogens (primary N) is 1. The molecule has 1 aliphatic rings. The molecule has 0 unspecified atom stereocenters. The number of carbonyl (C=O) groups excluding carboxylic acids is 2. The van der Waals surface area contributed by atoms with Gasteiger partial charge < -0.3 is 36.5 Å². The lowest BCUT2D eigenvalue weighted by atomic mass is 10.1. The van der Waals surface area contributed by atoms with Gasteiger partial charge in [-0.05, 0) is 70.4 Å². The summed E-state index contributed by atoms with van der Waals surface area (Å²) in [7, 11) is 1.64. The number of nitrogens with one attached hydrogen (secondary N) is 2. The summed E-state index contributed by atoms with van der Waals surface area (Å²) < 4.78 is 0. The Labute approximate surface area is 197 Å². The molecule has 1 aromatic rings. The Morgan fingerprint density at radius 2 is 1.64 bits per heavy atom. The highest BCUT2D eigenvalue weighted by molar-refractivity contribution is 5.91. The highest BCUT2D eigenvalue weighted by atomic mass is 16.3. The number of allylic oxidation sites excluding steroid dienone is 2. The van der Waals surface area contributed by atoms with Crippen molar-refractivity contribution in [1.82, 2.24) is 10.2 Å². The number of hydrogen-bond acceptors (Lipinski definition) is 7. The van der Waals surface area contributed by atoms with Crippen LogP contribution in [0.2, 0.25) is 0 Å². The first-order valence-electron chi connectivity index (χ1n) is 10.9. The molecule has 9 heteroatoms. The first-order chi connectivity index (χ1) is 15.8. The maximum absolute atomic E-state index is 12.2. The van der Waals surface area contributed by atoms with Crippen molar-refractivity contribution in [3.63, 3.8) is 0 Å². The number of rotatable bonds is 7. The summed E-state index contributed by atoms with van der Waals surface area (Å²) in [5, 5.41) is 25.8. The quantitative estimate of drug-likeness (QED) is 0.393. The second kappa shape index (κ2) is 17.4. The van der Waals surface area contributed by atoms with Crippen molar-refractivity contribution < 1.29 is 19.8 Å². The summed E-state index contributed by atoms with van der Waals surface area (Å²) >= 11 is 0. The smallest absolute Gasteiger partial charge is 0.254 e. The first-order valence-corrected chi connectivity index (χ1v) is 10.9. The standard InChI is InChI=1S/C19H27N3O4.C3H7N.C2H5N/c1-3-10-20-15-8-6-14(7-9-15)13(2)21-18(25)16(23)17(24)19(26)22-11-4-5-12-22;1-2-3-4;1-3-2/h3,6-10,13,16-17,20,23-24H,4-5,11-12H2,1-2H3,(H,21,25);2-3H,4H2,1H3;1H2,2H3/b10-3-;3-2-;/t13-,16-,17-;;/m1../s1. The zero-order chi connectivity index (χ0) is 25.2. The van der Waals surface area contributed by atoms with E-state index in [1.165, 1.54) is 11.1 Å². The van der Waals surface area contributed by atoms with Gasteiger partial charge in [-0.25, -0.2) is 0 Å². The van der Waals surface area contributed by atoms with Gasteiger partial charge in [-0.2, -0.15) is 0 Å². The van der Waals surface area contributed by atoms with Crippen molar-refractivity contribution >= 4 is 24.2 Å². The molecule has 6 N–H and O–H groups in total. The average Bonchev–Trinajstić information content (AvgIpc) is 3.37. The van der Waals surface area contributed by atoms with Crippen molar-refractivity contribution in [2.24, 2.45) is 10.7 Å². The Morgan fingerprint density at radius 1 is 1.12 bits per heavy atom. The van der Waals surface area contributed by atoms with Gasteiger partial charge in [-0.3, -0.25) is 9.59 Å². The third-order valence-corrected chi connectivity index (χ3v) is 4.62. The Kier molecular flexibility index (Phi) is 15.7. The lowest BCUT2D eigenvalue weighted by molar-refractivity contribution is -0.152. The SMILES string of the molecule is C/C=C\N.C/C=C\Nc1ccc([C@@H](C)NC(=O)[C@H](O)[C@@H](O)C(=O)N2CCCC2)cc1.C=NC. The van der Waals surface area contributed by atoms with Crippen LogP contribution in [-0.4, -0.2) is 66.0 Å². The summed E-state index contributed by atoms with van der Waals surface area (Å²) in [5.74, 6) is -1.37. The minimum Gasteiger partial charge on any atom is -0.405 e. The fourth-order valence-electron chi connectivity index (χ4n) is 2.83. The number of aliphatic hydroxyl groups is 2. The zero-order valence-electron chi connectivity index (χ0n) is 20.1. The van der Waals surface area contributed by atoms with Gasteiger partial charge in [0.25, 0.3) is 11.8 Å². The van der Waals surface area contributed by atoms with E-state index in [0.717, 1.165) is 24.1 Å². The molecular formula is C24H39N5O4. The van der Waals surface area contributed by atoms with Gasteiger partial charge in [-0.15, -0.1) is 0 Å². The largest absolute Gasteiger partial charge is 0.405 e. The van der Waals surface area contributed by atoms with Gasteiger partial charge in [0, 0.05) is 25.8 Å². The van der Waals surface area contributed by atoms with Crippen LogP contribution in [0.1, 0.15) is 45.2 Å². The van der Waals surface area contributed by atoms with Crippen molar-refractivity contribution in [3.05, 3.63) is 54.4 Å². The number of aliphatic hydroxyl groups excluding tert-OH is 2. The zero-order valence-corrected chi connectivity index (χ0v) is 20.1. The molecule has 0 bridgehead atoms. The molecule has 2 amide bonds. The molecule has 1 aliphatic heterocycles. The molecule has 1 saturated heterocycles. The van der Waals surface area contributed by atoms with E-state index >= 15 is 0 Å². The molecule has 0 radical (unpaired) electrons. The van der Waals surface area contributed by atoms with Gasteiger partial charge in [0.2, 0.25) is 0 Å². The highest BCUT2D eigenvalue weighted by Gasteiger charge is 2.34. The molecule has 0 saturated carbocycles. The molecular weight excluding hydrogens is 422 g/mol. The third-order valence-electron chi connectivity index (χ3n) is 4.62. The van der Waals surface area contributed by atoms with Crippen LogP contribution >= 0.6 is 0 Å². The summed E-state index contributed by atoms with van der Waals surface area (Å²) in [6.45, 7) is 9.77. The minimum atomic E-state index is -1.79. The van der Waals surface area contributed by atoms with Crippen LogP contribution in [0.5, 0.6) is 0 Å². The molecule has 0 spiro atoms. The Balaban J connectivity index is 0.00000129. The van der Waals surface area contributed by atoms with Crippen LogP contribution < -0.4 is 16.4 Å². The molecule has 2 rings (SSSR count). The minimum absolute atomic E-state index is 0.373. The molecule has 1 heterocycles. The van der Waals surface area contributed by atoms with E-state index < -0.39 is 24.0 Å². The van der Waals surface area contributed by atoms with E-state index in [0.29, 0.717) is 13.1 Å². The van der Waals surface area contributed by atoms with Crippen molar-refractivity contribution in [3.8, 4) is 0 Å². The summed E-state index contributed by atoms with van der Waals surface area (Å²) in [6.07, 6.45) is 5.18. The Bertz CT molecular complexity index is 755. The van der Waals surface area contributed by atoms with Crippen molar-refractivity contribution in [2.45, 2.75) is 51.9 Å². The van der Waals surface area contributed by atoms with Crippen LogP contribution in [-0.2, 0) is 9.59 Å². The number of nitrogens with zero attached hydrogens (tertiary/aromatic N) is 2. The van der Waals surface area contributed by atoms with Crippen LogP contribution in [0.25, 0.3) is 0 Å². The average molecular weight is 462 g/mol. The molecule has 9 nitrogen and oxygen atoms in total. The molecule has 1 fully saturated rings. The number of aliphatic imine (C=N–C) groups is 1. The van der Waals surface area contributed by atoms with Crippen molar-refractivity contribution in [1.29, 1.82) is 0 Å². The predicted molar refractivity (Wildman–Crippen MR) is 134 cm³/mol. The molecule has 0 aliphatic carbocycles. The Morgan fingerprint density at radius 3 is 2.09 bits per heavy atom. The van der Waals surface area contributed by atoms with Crippen molar-refractivity contribution in [2.75, 3.05) is 25.5 Å². The number of likely N-dealkylation sites (tertiary alicyclic amines) is 1. The summed E-state index contributed by atoms with van der Waals surface area (Å²) in [5.41, 5.74) is 6.61. The van der Waals surface area contributed by atoms with E-state index in [2.05, 4.69) is 22.3 Å². The highest BCUT2D eigenvalue weighted by Crippen LogP contribution is 2.17. The summed E-state index contributed by atoms with van der Waals surface area (Å²) in [6, 6.07) is 7.09. The van der Waals surface area contributed by atoms with Gasteiger partial charge in [0.15, 0.2) is 12.2 Å². The topological polar surface area (TPSA) is 140 Å². The van der Waals surface area contributed by atoms with Gasteiger partial charge >= 0.3 is 0 Å². The number of carbonyl (C=O) groups is 2. The fraction of sp³-hybridized carbons (Fsp3) is 0.458. The van der Waals surface area contributed by atoms with E-state index in [1.807, 2.05) is 50.4 Å². The van der Waals surface area contributed by atoms with E-state index in [-0.39, 0.29) is 6.04 Å². The predicted octanol–water partition coefficient (Wildman–Crippen LogP) is 1.95.